The number of carbonyl (C=O) groups excluding carboxylic acids is 1. The van der Waals surface area contributed by atoms with E-state index < -0.39 is 0 Å². The number of furan rings is 1. The zero-order valence-corrected chi connectivity index (χ0v) is 12.6. The number of nitrogens with zero attached hydrogens (tertiary/aromatic N) is 4. The van der Waals surface area contributed by atoms with Crippen molar-refractivity contribution in [2.75, 3.05) is 6.54 Å². The summed E-state index contributed by atoms with van der Waals surface area (Å²) >= 11 is 0. The van der Waals surface area contributed by atoms with Crippen LogP contribution in [0.5, 0.6) is 0 Å². The van der Waals surface area contributed by atoms with Crippen molar-refractivity contribution in [3.63, 3.8) is 0 Å². The fraction of sp³-hybridized carbons (Fsp3) is 0.125. The number of pyridine rings is 1. The van der Waals surface area contributed by atoms with Gasteiger partial charge in [0.15, 0.2) is 17.1 Å². The lowest BCUT2D eigenvalue weighted by Crippen LogP contribution is -2.26. The number of H-pyrrole nitrogens is 1. The topological polar surface area (TPSA) is 101 Å². The second kappa shape index (κ2) is 5.99. The standard InChI is InChI=1S/C16H14N6O2/c23-16(12-10-11(18-19-12)13-4-3-9-24-13)17-7-6-15-21-20-14-5-1-2-8-22(14)15/h1-5,8-10H,6-7H2,(H,17,23)(H,18,19). The van der Waals surface area contributed by atoms with E-state index in [1.807, 2.05) is 28.8 Å². The summed E-state index contributed by atoms with van der Waals surface area (Å²) in [6.45, 7) is 0.442. The molecule has 0 aliphatic rings. The summed E-state index contributed by atoms with van der Waals surface area (Å²) in [6, 6.07) is 10.9. The third-order valence-corrected chi connectivity index (χ3v) is 3.62. The second-order valence-corrected chi connectivity index (χ2v) is 5.20. The molecule has 0 aliphatic carbocycles. The van der Waals surface area contributed by atoms with Crippen LogP contribution >= 0.6 is 0 Å². The number of carbonyl (C=O) groups is 1. The summed E-state index contributed by atoms with van der Waals surface area (Å²) in [7, 11) is 0. The minimum atomic E-state index is -0.252. The third-order valence-electron chi connectivity index (χ3n) is 3.62. The van der Waals surface area contributed by atoms with Gasteiger partial charge in [0.1, 0.15) is 11.5 Å². The first-order valence-electron chi connectivity index (χ1n) is 7.47. The van der Waals surface area contributed by atoms with Crippen LogP contribution in [0.1, 0.15) is 16.3 Å². The van der Waals surface area contributed by atoms with Crippen LogP contribution in [0.2, 0.25) is 0 Å². The molecule has 120 valence electrons. The molecule has 0 aliphatic heterocycles. The van der Waals surface area contributed by atoms with Gasteiger partial charge in [0.2, 0.25) is 0 Å². The molecule has 24 heavy (non-hydrogen) atoms. The van der Waals surface area contributed by atoms with Gasteiger partial charge in [-0.15, -0.1) is 10.2 Å². The summed E-state index contributed by atoms with van der Waals surface area (Å²) in [5, 5.41) is 17.8. The molecule has 0 unspecified atom stereocenters. The quantitative estimate of drug-likeness (QED) is 0.582. The van der Waals surface area contributed by atoms with Gasteiger partial charge >= 0.3 is 0 Å². The van der Waals surface area contributed by atoms with E-state index in [1.54, 1.807) is 24.5 Å². The number of aromatic nitrogens is 5. The molecule has 4 heterocycles. The molecular weight excluding hydrogens is 308 g/mol. The van der Waals surface area contributed by atoms with Crippen molar-refractivity contribution in [1.82, 2.24) is 30.1 Å². The maximum atomic E-state index is 12.2. The highest BCUT2D eigenvalue weighted by Crippen LogP contribution is 2.17. The summed E-state index contributed by atoms with van der Waals surface area (Å²) in [5.74, 6) is 1.18. The van der Waals surface area contributed by atoms with Crippen molar-refractivity contribution in [3.8, 4) is 11.5 Å². The fourth-order valence-electron chi connectivity index (χ4n) is 2.44. The zero-order chi connectivity index (χ0) is 16.4. The predicted molar refractivity (Wildman–Crippen MR) is 85.3 cm³/mol. The highest BCUT2D eigenvalue weighted by Gasteiger charge is 2.13. The van der Waals surface area contributed by atoms with Crippen LogP contribution in [0.25, 0.3) is 17.1 Å². The molecule has 0 saturated heterocycles. The number of hydrogen-bond donors (Lipinski definition) is 2. The Morgan fingerprint density at radius 2 is 2.21 bits per heavy atom. The van der Waals surface area contributed by atoms with Crippen LogP contribution in [-0.2, 0) is 6.42 Å². The van der Waals surface area contributed by atoms with Gasteiger partial charge in [0.25, 0.3) is 5.91 Å². The molecular formula is C16H14N6O2. The van der Waals surface area contributed by atoms with E-state index in [0.717, 1.165) is 11.5 Å². The summed E-state index contributed by atoms with van der Waals surface area (Å²) in [6.07, 6.45) is 4.04. The van der Waals surface area contributed by atoms with Crippen LogP contribution in [0.3, 0.4) is 0 Å². The highest BCUT2D eigenvalue weighted by atomic mass is 16.3. The highest BCUT2D eigenvalue weighted by molar-refractivity contribution is 5.93. The maximum absolute atomic E-state index is 12.2. The average Bonchev–Trinajstić information content (AvgIpc) is 3.35. The first kappa shape index (κ1) is 14.2. The van der Waals surface area contributed by atoms with E-state index in [2.05, 4.69) is 25.7 Å². The lowest BCUT2D eigenvalue weighted by Gasteiger charge is -2.02. The normalized spacial score (nSPS) is 11.0. The largest absolute Gasteiger partial charge is 0.463 e. The molecule has 0 bridgehead atoms. The van der Waals surface area contributed by atoms with Crippen LogP contribution in [0.4, 0.5) is 0 Å². The predicted octanol–water partition coefficient (Wildman–Crippen LogP) is 1.68. The van der Waals surface area contributed by atoms with Crippen molar-refractivity contribution in [1.29, 1.82) is 0 Å². The SMILES string of the molecule is O=C(NCCc1nnc2ccccn12)c1cc(-c2ccco2)[nH]n1. The minimum absolute atomic E-state index is 0.252. The molecule has 0 saturated carbocycles. The van der Waals surface area contributed by atoms with E-state index in [0.29, 0.717) is 30.1 Å². The molecule has 4 rings (SSSR count). The van der Waals surface area contributed by atoms with Crippen molar-refractivity contribution in [2.24, 2.45) is 0 Å². The summed E-state index contributed by atoms with van der Waals surface area (Å²) < 4.78 is 7.16. The van der Waals surface area contributed by atoms with E-state index in [4.69, 9.17) is 4.42 Å². The van der Waals surface area contributed by atoms with E-state index in [-0.39, 0.29) is 5.91 Å². The Kier molecular flexibility index (Phi) is 3.54. The minimum Gasteiger partial charge on any atom is -0.463 e. The lowest BCUT2D eigenvalue weighted by atomic mass is 10.3. The Hall–Kier alpha value is -3.42. The first-order chi connectivity index (χ1) is 11.8. The molecule has 0 fully saturated rings. The maximum Gasteiger partial charge on any atom is 0.271 e. The third kappa shape index (κ3) is 2.65. The molecule has 0 atom stereocenters. The number of amides is 1. The molecule has 0 radical (unpaired) electrons. The van der Waals surface area contributed by atoms with Gasteiger partial charge in [-0.2, -0.15) is 5.10 Å². The fourth-order valence-corrected chi connectivity index (χ4v) is 2.44. The molecule has 4 aromatic heterocycles. The van der Waals surface area contributed by atoms with Gasteiger partial charge in [-0.25, -0.2) is 0 Å². The van der Waals surface area contributed by atoms with E-state index in [9.17, 15) is 4.79 Å². The number of fused-ring (bicyclic) bond motifs is 1. The van der Waals surface area contributed by atoms with Crippen molar-refractivity contribution >= 4 is 11.6 Å². The average molecular weight is 322 g/mol. The molecule has 1 amide bonds. The smallest absolute Gasteiger partial charge is 0.271 e. The molecule has 0 spiro atoms. The Labute approximate surface area is 136 Å². The summed E-state index contributed by atoms with van der Waals surface area (Å²) in [4.78, 5) is 12.2. The van der Waals surface area contributed by atoms with Gasteiger partial charge in [0.05, 0.1) is 6.26 Å². The Morgan fingerprint density at radius 3 is 3.08 bits per heavy atom. The van der Waals surface area contributed by atoms with Crippen molar-refractivity contribution < 1.29 is 9.21 Å². The first-order valence-corrected chi connectivity index (χ1v) is 7.47. The monoisotopic (exact) mass is 322 g/mol. The van der Waals surface area contributed by atoms with E-state index >= 15 is 0 Å². The van der Waals surface area contributed by atoms with Gasteiger partial charge in [-0.05, 0) is 24.3 Å². The number of aromatic amines is 1. The second-order valence-electron chi connectivity index (χ2n) is 5.20. The Balaban J connectivity index is 1.38. The van der Waals surface area contributed by atoms with Gasteiger partial charge in [0, 0.05) is 25.2 Å². The lowest BCUT2D eigenvalue weighted by molar-refractivity contribution is 0.0949. The molecule has 8 heteroatoms. The van der Waals surface area contributed by atoms with Crippen molar-refractivity contribution in [3.05, 3.63) is 60.4 Å². The number of nitrogens with one attached hydrogen (secondary N) is 2. The molecule has 2 N–H and O–H groups in total. The molecule has 8 nitrogen and oxygen atoms in total. The van der Waals surface area contributed by atoms with Crippen LogP contribution in [0, 0.1) is 0 Å². The van der Waals surface area contributed by atoms with Crippen LogP contribution in [0.15, 0.2) is 53.3 Å². The molecule has 0 aromatic carbocycles. The van der Waals surface area contributed by atoms with Crippen molar-refractivity contribution in [2.45, 2.75) is 6.42 Å². The van der Waals surface area contributed by atoms with E-state index in [1.165, 1.54) is 0 Å². The number of rotatable bonds is 5. The van der Waals surface area contributed by atoms with Gasteiger partial charge in [-0.1, -0.05) is 6.07 Å². The van der Waals surface area contributed by atoms with Gasteiger partial charge < -0.3 is 9.73 Å². The van der Waals surface area contributed by atoms with Crippen LogP contribution in [-0.4, -0.2) is 37.2 Å². The zero-order valence-electron chi connectivity index (χ0n) is 12.6. The Morgan fingerprint density at radius 1 is 1.25 bits per heavy atom. The molecule has 4 aromatic rings. The Bertz CT molecular complexity index is 969. The summed E-state index contributed by atoms with van der Waals surface area (Å²) in [5.41, 5.74) is 1.76. The van der Waals surface area contributed by atoms with Crippen LogP contribution < -0.4 is 5.32 Å². The van der Waals surface area contributed by atoms with Gasteiger partial charge in [-0.3, -0.25) is 14.3 Å². The number of hydrogen-bond acceptors (Lipinski definition) is 5.